The van der Waals surface area contributed by atoms with Gasteiger partial charge in [0.2, 0.25) is 0 Å². The van der Waals surface area contributed by atoms with Crippen molar-refractivity contribution in [1.82, 2.24) is 0 Å². The van der Waals surface area contributed by atoms with Crippen LogP contribution in [0.25, 0.3) is 0 Å². The summed E-state index contributed by atoms with van der Waals surface area (Å²) in [6.07, 6.45) is -1.02. The van der Waals surface area contributed by atoms with E-state index in [4.69, 9.17) is 20.1 Å². The lowest BCUT2D eigenvalue weighted by atomic mass is 10.2. The minimum atomic E-state index is -1.12. The van der Waals surface area contributed by atoms with E-state index in [0.29, 0.717) is 4.47 Å². The van der Waals surface area contributed by atoms with E-state index < -0.39 is 18.7 Å². The average Bonchev–Trinajstić information content (AvgIpc) is 2.26. The van der Waals surface area contributed by atoms with Gasteiger partial charge in [-0.05, 0) is 18.2 Å². The van der Waals surface area contributed by atoms with Gasteiger partial charge in [0, 0.05) is 4.47 Å². The molecule has 1 unspecified atom stereocenters. The predicted molar refractivity (Wildman–Crippen MR) is 59.7 cm³/mol. The highest BCUT2D eigenvalue weighted by atomic mass is 79.9. The summed E-state index contributed by atoms with van der Waals surface area (Å²) in [4.78, 5) is 10.9. The second-order valence-electron chi connectivity index (χ2n) is 3.09. The molecule has 0 aromatic heterocycles. The third-order valence-corrected chi connectivity index (χ3v) is 2.31. The minimum Gasteiger partial charge on any atom is -0.490 e. The standard InChI is InChI=1S/C10H11BrO5/c11-6-1-2-9(8(3-6)10(14)15)16-5-7(13)4-12/h1-3,7,12-13H,4-5H2,(H,14,15). The highest BCUT2D eigenvalue weighted by Crippen LogP contribution is 2.23. The van der Waals surface area contributed by atoms with Gasteiger partial charge < -0.3 is 20.1 Å². The zero-order valence-corrected chi connectivity index (χ0v) is 9.85. The van der Waals surface area contributed by atoms with Crippen LogP contribution in [0.15, 0.2) is 22.7 Å². The molecule has 1 aromatic rings. The fraction of sp³-hybridized carbons (Fsp3) is 0.300. The van der Waals surface area contributed by atoms with Gasteiger partial charge in [-0.1, -0.05) is 15.9 Å². The number of rotatable bonds is 5. The SMILES string of the molecule is O=C(O)c1cc(Br)ccc1OCC(O)CO. The Kier molecular flexibility index (Phi) is 4.72. The molecule has 0 aliphatic rings. The molecule has 6 heteroatoms. The molecule has 1 rings (SSSR count). The molecule has 0 bridgehead atoms. The minimum absolute atomic E-state index is 0.000449. The molecule has 0 aliphatic carbocycles. The highest BCUT2D eigenvalue weighted by molar-refractivity contribution is 9.10. The van der Waals surface area contributed by atoms with Crippen LogP contribution in [0.1, 0.15) is 10.4 Å². The lowest BCUT2D eigenvalue weighted by molar-refractivity contribution is 0.0519. The number of hydrogen-bond donors (Lipinski definition) is 3. The van der Waals surface area contributed by atoms with Gasteiger partial charge >= 0.3 is 5.97 Å². The van der Waals surface area contributed by atoms with Crippen molar-refractivity contribution in [2.75, 3.05) is 13.2 Å². The van der Waals surface area contributed by atoms with Crippen molar-refractivity contribution in [3.05, 3.63) is 28.2 Å². The molecule has 0 spiro atoms. The molecule has 5 nitrogen and oxygen atoms in total. The van der Waals surface area contributed by atoms with Crippen LogP contribution >= 0.6 is 15.9 Å². The number of carboxylic acids is 1. The molecule has 1 aromatic carbocycles. The summed E-state index contributed by atoms with van der Waals surface area (Å²) in [5, 5.41) is 26.6. The van der Waals surface area contributed by atoms with Crippen LogP contribution < -0.4 is 4.74 Å². The summed E-state index contributed by atoms with van der Waals surface area (Å²) in [6, 6.07) is 4.52. The van der Waals surface area contributed by atoms with Crippen molar-refractivity contribution < 1.29 is 24.9 Å². The fourth-order valence-corrected chi connectivity index (χ4v) is 1.39. The van der Waals surface area contributed by atoms with Crippen molar-refractivity contribution in [3.63, 3.8) is 0 Å². The normalized spacial score (nSPS) is 12.2. The highest BCUT2D eigenvalue weighted by Gasteiger charge is 2.13. The first-order valence-electron chi connectivity index (χ1n) is 4.49. The lowest BCUT2D eigenvalue weighted by Crippen LogP contribution is -2.22. The van der Waals surface area contributed by atoms with Crippen LogP contribution in [0, 0.1) is 0 Å². The first-order valence-corrected chi connectivity index (χ1v) is 5.28. The van der Waals surface area contributed by atoms with Crippen LogP contribution in [-0.4, -0.2) is 40.6 Å². The molecule has 88 valence electrons. The summed E-state index contributed by atoms with van der Waals surface area (Å²) in [5.74, 6) is -0.960. The molecular weight excluding hydrogens is 280 g/mol. The van der Waals surface area contributed by atoms with Crippen LogP contribution in [-0.2, 0) is 0 Å². The van der Waals surface area contributed by atoms with Crippen molar-refractivity contribution in [2.24, 2.45) is 0 Å². The van der Waals surface area contributed by atoms with Crippen LogP contribution in [0.2, 0.25) is 0 Å². The van der Waals surface area contributed by atoms with Crippen LogP contribution in [0.5, 0.6) is 5.75 Å². The lowest BCUT2D eigenvalue weighted by Gasteiger charge is -2.11. The number of aliphatic hydroxyl groups excluding tert-OH is 2. The monoisotopic (exact) mass is 290 g/mol. The van der Waals surface area contributed by atoms with E-state index in [9.17, 15) is 4.79 Å². The van der Waals surface area contributed by atoms with Gasteiger partial charge in [0.15, 0.2) is 0 Å². The second-order valence-corrected chi connectivity index (χ2v) is 4.01. The molecular formula is C10H11BrO5. The maximum Gasteiger partial charge on any atom is 0.339 e. The first kappa shape index (κ1) is 13.0. The van der Waals surface area contributed by atoms with E-state index in [1.807, 2.05) is 0 Å². The van der Waals surface area contributed by atoms with Gasteiger partial charge in [-0.15, -0.1) is 0 Å². The van der Waals surface area contributed by atoms with Crippen LogP contribution in [0.4, 0.5) is 0 Å². The Morgan fingerprint density at radius 3 is 2.75 bits per heavy atom. The summed E-state index contributed by atoms with van der Waals surface area (Å²) < 4.78 is 5.72. The summed E-state index contributed by atoms with van der Waals surface area (Å²) in [7, 11) is 0. The van der Waals surface area contributed by atoms with E-state index in [2.05, 4.69) is 15.9 Å². The largest absolute Gasteiger partial charge is 0.490 e. The Labute approximate surface area is 100 Å². The molecule has 0 heterocycles. The zero-order chi connectivity index (χ0) is 12.1. The number of aliphatic hydroxyl groups is 2. The average molecular weight is 291 g/mol. The molecule has 0 amide bonds. The number of benzene rings is 1. The molecule has 0 fully saturated rings. The fourth-order valence-electron chi connectivity index (χ4n) is 1.03. The van der Waals surface area contributed by atoms with Gasteiger partial charge in [-0.25, -0.2) is 4.79 Å². The number of ether oxygens (including phenoxy) is 1. The van der Waals surface area contributed by atoms with E-state index in [-0.39, 0.29) is 17.9 Å². The van der Waals surface area contributed by atoms with E-state index in [1.165, 1.54) is 12.1 Å². The van der Waals surface area contributed by atoms with E-state index in [0.717, 1.165) is 0 Å². The van der Waals surface area contributed by atoms with Gasteiger partial charge in [0.05, 0.1) is 6.61 Å². The Hall–Kier alpha value is -1.11. The molecule has 3 N–H and O–H groups in total. The third kappa shape index (κ3) is 3.48. The maximum atomic E-state index is 10.9. The van der Waals surface area contributed by atoms with Gasteiger partial charge in [-0.2, -0.15) is 0 Å². The van der Waals surface area contributed by atoms with Crippen molar-refractivity contribution in [2.45, 2.75) is 6.10 Å². The Morgan fingerprint density at radius 1 is 1.50 bits per heavy atom. The maximum absolute atomic E-state index is 10.9. The third-order valence-electron chi connectivity index (χ3n) is 1.81. The van der Waals surface area contributed by atoms with Crippen molar-refractivity contribution in [3.8, 4) is 5.75 Å². The van der Waals surface area contributed by atoms with E-state index >= 15 is 0 Å². The Balaban J connectivity index is 2.82. The smallest absolute Gasteiger partial charge is 0.339 e. The molecule has 0 aliphatic heterocycles. The number of aromatic carboxylic acids is 1. The Bertz CT molecular complexity index is 379. The first-order chi connectivity index (χ1) is 7.54. The quantitative estimate of drug-likeness (QED) is 0.749. The molecule has 0 radical (unpaired) electrons. The Morgan fingerprint density at radius 2 is 2.19 bits per heavy atom. The number of hydrogen-bond acceptors (Lipinski definition) is 4. The van der Waals surface area contributed by atoms with Crippen molar-refractivity contribution in [1.29, 1.82) is 0 Å². The van der Waals surface area contributed by atoms with Gasteiger partial charge in [0.25, 0.3) is 0 Å². The summed E-state index contributed by atoms with van der Waals surface area (Å²) >= 11 is 3.15. The molecule has 0 saturated carbocycles. The van der Waals surface area contributed by atoms with Crippen LogP contribution in [0.3, 0.4) is 0 Å². The topological polar surface area (TPSA) is 87.0 Å². The molecule has 16 heavy (non-hydrogen) atoms. The second kappa shape index (κ2) is 5.83. The number of carbonyl (C=O) groups is 1. The zero-order valence-electron chi connectivity index (χ0n) is 8.26. The number of halogens is 1. The summed E-state index contributed by atoms with van der Waals surface area (Å²) in [5.41, 5.74) is -0.000449. The van der Waals surface area contributed by atoms with Crippen molar-refractivity contribution >= 4 is 21.9 Å². The molecule has 0 saturated heterocycles. The van der Waals surface area contributed by atoms with Gasteiger partial charge in [-0.3, -0.25) is 0 Å². The predicted octanol–water partition coefficient (Wildman–Crippen LogP) is 0.879. The summed E-state index contributed by atoms with van der Waals surface area (Å²) in [6.45, 7) is -0.586. The van der Waals surface area contributed by atoms with E-state index in [1.54, 1.807) is 6.07 Å². The molecule has 1 atom stereocenters. The number of carboxylic acid groups (broad SMARTS) is 1. The van der Waals surface area contributed by atoms with Gasteiger partial charge in [0.1, 0.15) is 24.0 Å².